The fraction of sp³-hybridized carbons (Fsp3) is 0.150. The maximum atomic E-state index is 14.0. The van der Waals surface area contributed by atoms with Crippen LogP contribution in [0, 0.1) is 11.2 Å². The lowest BCUT2D eigenvalue weighted by Gasteiger charge is -2.11. The summed E-state index contributed by atoms with van der Waals surface area (Å²) in [5.74, 6) is -2.43. The second-order valence-electron chi connectivity index (χ2n) is 6.25. The summed E-state index contributed by atoms with van der Waals surface area (Å²) in [6.07, 6.45) is 0.507. The molecule has 0 saturated heterocycles. The van der Waals surface area contributed by atoms with Crippen LogP contribution in [-0.2, 0) is 0 Å². The average molecular weight is 419 g/mol. The van der Waals surface area contributed by atoms with Crippen LogP contribution in [0.4, 0.5) is 4.39 Å². The molecule has 0 saturated carbocycles. The maximum absolute atomic E-state index is 14.0. The van der Waals surface area contributed by atoms with Gasteiger partial charge in [0.1, 0.15) is 5.82 Å². The van der Waals surface area contributed by atoms with Crippen molar-refractivity contribution in [1.82, 2.24) is 5.32 Å². The van der Waals surface area contributed by atoms with Crippen LogP contribution in [0.5, 0.6) is 0 Å². The maximum Gasteiger partial charge on any atom is 0.335 e. The molecule has 28 heavy (non-hydrogen) atoms. The monoisotopic (exact) mass is 418 g/mol. The number of halogens is 2. The molecule has 1 amide bonds. The van der Waals surface area contributed by atoms with Gasteiger partial charge >= 0.3 is 5.97 Å². The summed E-state index contributed by atoms with van der Waals surface area (Å²) in [4.78, 5) is 24.1. The standard InChI is InChI=1S/C20H16ClFN2O3S/c1-10-9-15(24-19(25)16-13(21)3-2-4-14(16)22)18(28-10)17(23)11-5-7-12(8-6-11)20(26)27/h2-8,10,23H,9H2,1H3,(H,24,25)(H,26,27). The summed E-state index contributed by atoms with van der Waals surface area (Å²) in [7, 11) is 0. The van der Waals surface area contributed by atoms with Crippen molar-refractivity contribution in [1.29, 1.82) is 5.41 Å². The van der Waals surface area contributed by atoms with Gasteiger partial charge in [-0.1, -0.05) is 36.7 Å². The molecule has 144 valence electrons. The lowest BCUT2D eigenvalue weighted by atomic mass is 10.1. The Kier molecular flexibility index (Phi) is 5.86. The molecular weight excluding hydrogens is 403 g/mol. The van der Waals surface area contributed by atoms with E-state index in [4.69, 9.17) is 22.1 Å². The minimum absolute atomic E-state index is 0.0117. The van der Waals surface area contributed by atoms with E-state index in [1.54, 1.807) is 12.1 Å². The van der Waals surface area contributed by atoms with E-state index in [1.165, 1.54) is 36.0 Å². The highest BCUT2D eigenvalue weighted by Crippen LogP contribution is 2.38. The highest BCUT2D eigenvalue weighted by atomic mass is 35.5. The molecule has 5 nitrogen and oxygen atoms in total. The van der Waals surface area contributed by atoms with Crippen molar-refractivity contribution < 1.29 is 19.1 Å². The number of carboxylic acid groups (broad SMARTS) is 1. The number of nitrogens with one attached hydrogen (secondary N) is 2. The predicted molar refractivity (Wildman–Crippen MR) is 108 cm³/mol. The van der Waals surface area contributed by atoms with Gasteiger partial charge in [0.05, 0.1) is 26.8 Å². The van der Waals surface area contributed by atoms with Crippen LogP contribution in [0.2, 0.25) is 5.02 Å². The molecule has 2 aromatic rings. The molecule has 1 aliphatic heterocycles. The highest BCUT2D eigenvalue weighted by Gasteiger charge is 2.28. The number of carbonyl (C=O) groups excluding carboxylic acids is 1. The zero-order valence-electron chi connectivity index (χ0n) is 14.8. The first-order chi connectivity index (χ1) is 13.3. The van der Waals surface area contributed by atoms with Crippen molar-refractivity contribution in [3.63, 3.8) is 0 Å². The molecule has 0 bridgehead atoms. The Balaban J connectivity index is 1.89. The quantitative estimate of drug-likeness (QED) is 0.613. The molecule has 0 aromatic heterocycles. The van der Waals surface area contributed by atoms with Crippen LogP contribution in [0.3, 0.4) is 0 Å². The molecule has 0 fully saturated rings. The zero-order chi connectivity index (χ0) is 20.4. The number of benzene rings is 2. The number of allylic oxidation sites excluding steroid dienone is 2. The van der Waals surface area contributed by atoms with Crippen molar-refractivity contribution >= 4 is 41.0 Å². The Hall–Kier alpha value is -2.64. The van der Waals surface area contributed by atoms with Crippen LogP contribution in [-0.4, -0.2) is 27.9 Å². The normalized spacial score (nSPS) is 16.2. The molecular formula is C20H16ClFN2O3S. The summed E-state index contributed by atoms with van der Waals surface area (Å²) in [5, 5.41) is 20.3. The van der Waals surface area contributed by atoms with Crippen molar-refractivity contribution in [2.75, 3.05) is 0 Å². The minimum atomic E-state index is -1.05. The third-order valence-electron chi connectivity index (χ3n) is 4.19. The van der Waals surface area contributed by atoms with E-state index < -0.39 is 17.7 Å². The van der Waals surface area contributed by atoms with Crippen LogP contribution >= 0.6 is 23.4 Å². The first kappa shape index (κ1) is 20.1. The van der Waals surface area contributed by atoms with Crippen LogP contribution in [0.1, 0.15) is 39.6 Å². The van der Waals surface area contributed by atoms with Gasteiger partial charge in [0.15, 0.2) is 0 Å². The Morgan fingerprint density at radius 2 is 1.86 bits per heavy atom. The molecule has 1 unspecified atom stereocenters. The van der Waals surface area contributed by atoms with E-state index in [0.29, 0.717) is 22.6 Å². The molecule has 1 atom stereocenters. The average Bonchev–Trinajstić information content (AvgIpc) is 3.01. The lowest BCUT2D eigenvalue weighted by molar-refractivity contribution is 0.0696. The Bertz CT molecular complexity index is 985. The topological polar surface area (TPSA) is 90.3 Å². The summed E-state index contributed by atoms with van der Waals surface area (Å²) in [6.45, 7) is 1.96. The van der Waals surface area contributed by atoms with E-state index in [1.807, 2.05) is 6.92 Å². The molecule has 3 N–H and O–H groups in total. The van der Waals surface area contributed by atoms with Crippen LogP contribution < -0.4 is 5.32 Å². The van der Waals surface area contributed by atoms with Gasteiger partial charge in [0, 0.05) is 22.9 Å². The van der Waals surface area contributed by atoms with Crippen molar-refractivity contribution in [2.45, 2.75) is 18.6 Å². The molecule has 0 aliphatic carbocycles. The largest absolute Gasteiger partial charge is 0.478 e. The number of carbonyl (C=O) groups is 2. The van der Waals surface area contributed by atoms with E-state index in [2.05, 4.69) is 5.32 Å². The lowest BCUT2D eigenvalue weighted by Crippen LogP contribution is -2.25. The Morgan fingerprint density at radius 1 is 1.21 bits per heavy atom. The molecule has 1 aliphatic rings. The second kappa shape index (κ2) is 8.16. The van der Waals surface area contributed by atoms with Gasteiger partial charge in [0.25, 0.3) is 5.91 Å². The SMILES string of the molecule is CC1CC(NC(=O)c2c(F)cccc2Cl)=C(C(=N)c2ccc(C(=O)O)cc2)S1. The molecule has 8 heteroatoms. The van der Waals surface area contributed by atoms with Crippen LogP contribution in [0.15, 0.2) is 53.1 Å². The van der Waals surface area contributed by atoms with Gasteiger partial charge in [-0.3, -0.25) is 10.2 Å². The highest BCUT2D eigenvalue weighted by molar-refractivity contribution is 8.04. The summed E-state index contributed by atoms with van der Waals surface area (Å²) >= 11 is 7.39. The minimum Gasteiger partial charge on any atom is -0.478 e. The first-order valence-electron chi connectivity index (χ1n) is 8.35. The molecule has 3 rings (SSSR count). The van der Waals surface area contributed by atoms with Gasteiger partial charge in [-0.25, -0.2) is 9.18 Å². The molecule has 0 spiro atoms. The third kappa shape index (κ3) is 4.10. The van der Waals surface area contributed by atoms with E-state index in [0.717, 1.165) is 6.07 Å². The molecule has 0 radical (unpaired) electrons. The van der Waals surface area contributed by atoms with Crippen LogP contribution in [0.25, 0.3) is 0 Å². The van der Waals surface area contributed by atoms with Gasteiger partial charge in [-0.15, -0.1) is 11.8 Å². The fourth-order valence-corrected chi connectivity index (χ4v) is 4.25. The first-order valence-corrected chi connectivity index (χ1v) is 9.61. The summed E-state index contributed by atoms with van der Waals surface area (Å²) in [6, 6.07) is 9.97. The summed E-state index contributed by atoms with van der Waals surface area (Å²) in [5.41, 5.74) is 1.10. The van der Waals surface area contributed by atoms with Crippen molar-refractivity contribution in [3.05, 3.63) is 80.6 Å². The predicted octanol–water partition coefficient (Wildman–Crippen LogP) is 4.71. The number of carboxylic acids is 1. The number of thioether (sulfide) groups is 1. The van der Waals surface area contributed by atoms with E-state index >= 15 is 0 Å². The second-order valence-corrected chi connectivity index (χ2v) is 8.10. The zero-order valence-corrected chi connectivity index (χ0v) is 16.3. The van der Waals surface area contributed by atoms with Crippen molar-refractivity contribution in [2.24, 2.45) is 0 Å². The van der Waals surface area contributed by atoms with E-state index in [9.17, 15) is 14.0 Å². The van der Waals surface area contributed by atoms with Gasteiger partial charge in [-0.2, -0.15) is 0 Å². The Morgan fingerprint density at radius 3 is 2.46 bits per heavy atom. The fourth-order valence-electron chi connectivity index (χ4n) is 2.84. The van der Waals surface area contributed by atoms with Gasteiger partial charge < -0.3 is 10.4 Å². The Labute approximate surface area is 170 Å². The third-order valence-corrected chi connectivity index (χ3v) is 5.76. The van der Waals surface area contributed by atoms with E-state index in [-0.39, 0.29) is 27.1 Å². The number of aromatic carboxylic acids is 1. The smallest absolute Gasteiger partial charge is 0.335 e. The molecule has 1 heterocycles. The number of rotatable bonds is 5. The van der Waals surface area contributed by atoms with Gasteiger partial charge in [-0.05, 0) is 24.3 Å². The number of hydrogen-bond acceptors (Lipinski definition) is 4. The summed E-state index contributed by atoms with van der Waals surface area (Å²) < 4.78 is 14.0. The number of hydrogen-bond donors (Lipinski definition) is 3. The molecule has 2 aromatic carbocycles. The van der Waals surface area contributed by atoms with Gasteiger partial charge in [0.2, 0.25) is 0 Å². The van der Waals surface area contributed by atoms with Crippen molar-refractivity contribution in [3.8, 4) is 0 Å². The number of amides is 1.